The van der Waals surface area contributed by atoms with Crippen molar-refractivity contribution in [1.82, 2.24) is 0 Å². The Bertz CT molecular complexity index is 1010. The van der Waals surface area contributed by atoms with Gasteiger partial charge in [-0.05, 0) is 37.0 Å². The highest BCUT2D eigenvalue weighted by Gasteiger charge is 2.47. The van der Waals surface area contributed by atoms with Crippen molar-refractivity contribution >= 4 is 7.82 Å². The van der Waals surface area contributed by atoms with Crippen molar-refractivity contribution in [2.24, 2.45) is 0 Å². The number of phosphoric acid groups is 1. The van der Waals surface area contributed by atoms with Crippen LogP contribution < -0.4 is 0 Å². The summed E-state index contributed by atoms with van der Waals surface area (Å²) in [5.41, 5.74) is 2.05. The van der Waals surface area contributed by atoms with Gasteiger partial charge < -0.3 is 0 Å². The van der Waals surface area contributed by atoms with E-state index < -0.39 is 19.3 Å². The molecule has 0 N–H and O–H groups in total. The second-order valence-electron chi connectivity index (χ2n) is 8.10. The van der Waals surface area contributed by atoms with Crippen LogP contribution in [0.25, 0.3) is 0 Å². The average Bonchev–Trinajstić information content (AvgIpc) is 2.89. The second-order valence-corrected chi connectivity index (χ2v) is 9.72. The second kappa shape index (κ2) is 13.4. The molecule has 0 amide bonds. The molecule has 0 bridgehead atoms. The summed E-state index contributed by atoms with van der Waals surface area (Å²) in [6.07, 6.45) is 1.90. The van der Waals surface area contributed by atoms with Crippen molar-refractivity contribution < 1.29 is 18.1 Å². The van der Waals surface area contributed by atoms with Crippen molar-refractivity contribution in [1.29, 1.82) is 0 Å². The van der Waals surface area contributed by atoms with E-state index in [0.717, 1.165) is 36.0 Å². The molecule has 0 spiro atoms. The first-order chi connectivity index (χ1) is 17.1. The first-order valence-electron chi connectivity index (χ1n) is 12.3. The Hall–Kier alpha value is -2.67. The van der Waals surface area contributed by atoms with Crippen molar-refractivity contribution in [3.8, 4) is 11.8 Å². The Morgan fingerprint density at radius 1 is 0.743 bits per heavy atom. The van der Waals surface area contributed by atoms with Crippen LogP contribution in [0.2, 0.25) is 0 Å². The molecule has 0 heterocycles. The van der Waals surface area contributed by atoms with Crippen molar-refractivity contribution in [2.75, 3.05) is 13.2 Å². The van der Waals surface area contributed by atoms with Gasteiger partial charge in [-0.1, -0.05) is 110 Å². The highest BCUT2D eigenvalue weighted by atomic mass is 31.2. The Kier molecular flexibility index (Phi) is 10.3. The lowest BCUT2D eigenvalue weighted by molar-refractivity contribution is 0.0861. The predicted octanol–water partition coefficient (Wildman–Crippen LogP) is 7.78. The Labute approximate surface area is 210 Å². The van der Waals surface area contributed by atoms with Gasteiger partial charge in [0.2, 0.25) is 0 Å². The zero-order valence-electron chi connectivity index (χ0n) is 20.9. The van der Waals surface area contributed by atoms with E-state index in [0.29, 0.717) is 0 Å². The highest BCUT2D eigenvalue weighted by Crippen LogP contribution is 2.55. The number of unbranched alkanes of at least 4 members (excludes halogenated alkanes) is 2. The molecule has 3 aromatic rings. The third-order valence-corrected chi connectivity index (χ3v) is 7.40. The molecule has 0 aliphatic rings. The summed E-state index contributed by atoms with van der Waals surface area (Å²) in [6, 6.07) is 30.4. The molecular weight excluding hydrogens is 455 g/mol. The minimum absolute atomic E-state index is 0.197. The van der Waals surface area contributed by atoms with E-state index in [9.17, 15) is 4.57 Å². The Morgan fingerprint density at radius 2 is 1.17 bits per heavy atom. The van der Waals surface area contributed by atoms with E-state index in [-0.39, 0.29) is 13.2 Å². The maximum atomic E-state index is 13.7. The van der Waals surface area contributed by atoms with Crippen LogP contribution in [0, 0.1) is 11.8 Å². The van der Waals surface area contributed by atoms with Crippen LogP contribution >= 0.6 is 7.82 Å². The monoisotopic (exact) mass is 490 g/mol. The SMILES string of the molecule is CCCCC#CC(OP(=O)(OCC)OCC)C(c1ccccc1)(c1ccccc1)c1ccccc1. The maximum absolute atomic E-state index is 13.7. The van der Waals surface area contributed by atoms with E-state index in [1.807, 2.05) is 54.6 Å². The van der Waals surface area contributed by atoms with Gasteiger partial charge in [0.15, 0.2) is 0 Å². The predicted molar refractivity (Wildman–Crippen MR) is 142 cm³/mol. The topological polar surface area (TPSA) is 44.8 Å². The van der Waals surface area contributed by atoms with E-state index >= 15 is 0 Å². The largest absolute Gasteiger partial charge is 0.476 e. The molecule has 0 saturated heterocycles. The van der Waals surface area contributed by atoms with Gasteiger partial charge in [-0.15, -0.1) is 5.92 Å². The van der Waals surface area contributed by atoms with Crippen LogP contribution in [0.5, 0.6) is 0 Å². The zero-order valence-corrected chi connectivity index (χ0v) is 21.7. The molecule has 184 valence electrons. The maximum Gasteiger partial charge on any atom is 0.476 e. The molecule has 5 heteroatoms. The molecule has 3 rings (SSSR count). The standard InChI is InChI=1S/C30H35O4P/c1-4-7-8-18-25-29(34-35(31,32-5-2)33-6-3)30(26-19-12-9-13-20-26,27-21-14-10-15-22-27)28-23-16-11-17-24-28/h9-17,19-24,29H,4-8H2,1-3H3. The van der Waals surface area contributed by atoms with Crippen molar-refractivity contribution in [3.05, 3.63) is 108 Å². The number of hydrogen-bond acceptors (Lipinski definition) is 4. The number of phosphoric ester groups is 1. The summed E-state index contributed by atoms with van der Waals surface area (Å²) in [4.78, 5) is 0. The highest BCUT2D eigenvalue weighted by molar-refractivity contribution is 7.48. The summed E-state index contributed by atoms with van der Waals surface area (Å²) in [5.74, 6) is 6.66. The fourth-order valence-electron chi connectivity index (χ4n) is 4.24. The lowest BCUT2D eigenvalue weighted by atomic mass is 9.66. The van der Waals surface area contributed by atoms with Crippen LogP contribution in [0.3, 0.4) is 0 Å². The zero-order chi connectivity index (χ0) is 25.0. The van der Waals surface area contributed by atoms with Gasteiger partial charge in [-0.25, -0.2) is 4.57 Å². The van der Waals surface area contributed by atoms with Gasteiger partial charge in [0, 0.05) is 6.42 Å². The van der Waals surface area contributed by atoms with Crippen molar-refractivity contribution in [2.45, 2.75) is 51.6 Å². The quantitative estimate of drug-likeness (QED) is 0.113. The van der Waals surface area contributed by atoms with E-state index in [2.05, 4.69) is 55.2 Å². The minimum Gasteiger partial charge on any atom is -0.287 e. The van der Waals surface area contributed by atoms with Gasteiger partial charge in [0.05, 0.1) is 18.6 Å². The normalized spacial score (nSPS) is 12.5. The molecule has 0 aliphatic heterocycles. The summed E-state index contributed by atoms with van der Waals surface area (Å²) in [5, 5.41) is 0. The van der Waals surface area contributed by atoms with Crippen LogP contribution in [0.4, 0.5) is 0 Å². The first kappa shape index (κ1) is 26.9. The van der Waals surface area contributed by atoms with Crippen LogP contribution in [-0.4, -0.2) is 19.3 Å². The van der Waals surface area contributed by atoms with Crippen LogP contribution in [0.15, 0.2) is 91.0 Å². The van der Waals surface area contributed by atoms with Crippen LogP contribution in [-0.2, 0) is 23.6 Å². The lowest BCUT2D eigenvalue weighted by Crippen LogP contribution is -2.42. The number of rotatable bonds is 12. The molecule has 35 heavy (non-hydrogen) atoms. The summed E-state index contributed by atoms with van der Waals surface area (Å²) in [7, 11) is -3.89. The minimum atomic E-state index is -3.89. The average molecular weight is 491 g/mol. The molecule has 0 fully saturated rings. The van der Waals surface area contributed by atoms with Gasteiger partial charge in [-0.2, -0.15) is 0 Å². The molecule has 4 nitrogen and oxygen atoms in total. The van der Waals surface area contributed by atoms with Gasteiger partial charge in [0.1, 0.15) is 6.10 Å². The molecule has 0 saturated carbocycles. The fourth-order valence-corrected chi connectivity index (χ4v) is 5.54. The van der Waals surface area contributed by atoms with Gasteiger partial charge in [-0.3, -0.25) is 13.6 Å². The van der Waals surface area contributed by atoms with Gasteiger partial charge in [0.25, 0.3) is 0 Å². The summed E-state index contributed by atoms with van der Waals surface area (Å²) in [6.45, 7) is 6.08. The van der Waals surface area contributed by atoms with Crippen LogP contribution in [0.1, 0.15) is 56.7 Å². The summed E-state index contributed by atoms with van der Waals surface area (Å²) >= 11 is 0. The Balaban J connectivity index is 2.34. The molecule has 0 aromatic heterocycles. The molecular formula is C30H35O4P. The van der Waals surface area contributed by atoms with Gasteiger partial charge >= 0.3 is 7.82 Å². The first-order valence-corrected chi connectivity index (χ1v) is 13.8. The van der Waals surface area contributed by atoms with E-state index in [1.165, 1.54) is 0 Å². The lowest BCUT2D eigenvalue weighted by Gasteiger charge is -2.40. The molecule has 0 aliphatic carbocycles. The summed E-state index contributed by atoms with van der Waals surface area (Å²) < 4.78 is 31.2. The van der Waals surface area contributed by atoms with Crippen molar-refractivity contribution in [3.63, 3.8) is 0 Å². The molecule has 1 atom stereocenters. The smallest absolute Gasteiger partial charge is 0.287 e. The molecule has 3 aromatic carbocycles. The van der Waals surface area contributed by atoms with E-state index in [1.54, 1.807) is 13.8 Å². The third kappa shape index (κ3) is 6.51. The molecule has 1 unspecified atom stereocenters. The van der Waals surface area contributed by atoms with E-state index in [4.69, 9.17) is 13.6 Å². The fraction of sp³-hybridized carbons (Fsp3) is 0.333. The third-order valence-electron chi connectivity index (χ3n) is 5.78. The number of benzene rings is 3. The number of hydrogen-bond donors (Lipinski definition) is 0. The molecule has 0 radical (unpaired) electrons. The Morgan fingerprint density at radius 3 is 1.54 bits per heavy atom.